The molecule has 1 atom stereocenters. The SMILES string of the molecule is NC(=Nc1ccc(OC2CCCC2)c(C[C@]2(CO)CCCN2)c1)c1cccs1. The molecule has 1 aromatic heterocycles. The summed E-state index contributed by atoms with van der Waals surface area (Å²) in [5.41, 5.74) is 7.83. The topological polar surface area (TPSA) is 79.9 Å². The Morgan fingerprint density at radius 3 is 2.82 bits per heavy atom. The van der Waals surface area contributed by atoms with Crippen molar-refractivity contribution in [1.82, 2.24) is 5.32 Å². The number of aliphatic hydroxyl groups excluding tert-OH is 1. The number of amidine groups is 1. The minimum atomic E-state index is -0.268. The van der Waals surface area contributed by atoms with E-state index in [1.54, 1.807) is 11.3 Å². The first-order chi connectivity index (χ1) is 13.7. The molecule has 0 amide bonds. The first kappa shape index (κ1) is 19.4. The highest BCUT2D eigenvalue weighted by atomic mass is 32.1. The smallest absolute Gasteiger partial charge is 0.141 e. The lowest BCUT2D eigenvalue weighted by molar-refractivity contribution is 0.172. The molecule has 0 spiro atoms. The molecule has 1 aromatic carbocycles. The van der Waals surface area contributed by atoms with E-state index in [-0.39, 0.29) is 12.1 Å². The van der Waals surface area contributed by atoms with Crippen LogP contribution in [-0.4, -0.2) is 35.7 Å². The van der Waals surface area contributed by atoms with E-state index < -0.39 is 0 Å². The predicted molar refractivity (Wildman–Crippen MR) is 115 cm³/mol. The van der Waals surface area contributed by atoms with Gasteiger partial charge < -0.3 is 20.9 Å². The van der Waals surface area contributed by atoms with Crippen LogP contribution in [0.2, 0.25) is 0 Å². The van der Waals surface area contributed by atoms with E-state index in [0.29, 0.717) is 11.9 Å². The molecule has 2 fully saturated rings. The van der Waals surface area contributed by atoms with Gasteiger partial charge in [-0.1, -0.05) is 6.07 Å². The van der Waals surface area contributed by atoms with E-state index in [1.165, 1.54) is 12.8 Å². The lowest BCUT2D eigenvalue weighted by Crippen LogP contribution is -2.45. The van der Waals surface area contributed by atoms with Gasteiger partial charge >= 0.3 is 0 Å². The third-order valence-corrected chi connectivity index (χ3v) is 6.72. The second kappa shape index (κ2) is 8.64. The fourth-order valence-corrected chi connectivity index (χ4v) is 4.90. The maximum absolute atomic E-state index is 10.0. The fraction of sp³-hybridized carbons (Fsp3) is 0.500. The molecule has 1 aliphatic heterocycles. The Labute approximate surface area is 170 Å². The minimum Gasteiger partial charge on any atom is -0.490 e. The summed E-state index contributed by atoms with van der Waals surface area (Å²) in [6, 6.07) is 10.0. The summed E-state index contributed by atoms with van der Waals surface area (Å²) in [5.74, 6) is 1.45. The summed E-state index contributed by atoms with van der Waals surface area (Å²) < 4.78 is 6.35. The van der Waals surface area contributed by atoms with Crippen molar-refractivity contribution >= 4 is 22.9 Å². The van der Waals surface area contributed by atoms with Crippen molar-refractivity contribution in [2.75, 3.05) is 13.2 Å². The van der Waals surface area contributed by atoms with E-state index in [4.69, 9.17) is 10.5 Å². The lowest BCUT2D eigenvalue weighted by atomic mass is 9.89. The summed E-state index contributed by atoms with van der Waals surface area (Å²) in [6.07, 6.45) is 7.80. The molecule has 2 aliphatic rings. The van der Waals surface area contributed by atoms with Gasteiger partial charge in [-0.25, -0.2) is 4.99 Å². The number of nitrogens with zero attached hydrogens (tertiary/aromatic N) is 1. The van der Waals surface area contributed by atoms with Crippen molar-refractivity contribution in [1.29, 1.82) is 0 Å². The third-order valence-electron chi connectivity index (χ3n) is 5.83. The quantitative estimate of drug-likeness (QED) is 0.489. The molecule has 1 saturated carbocycles. The van der Waals surface area contributed by atoms with Gasteiger partial charge in [-0.05, 0) is 86.7 Å². The van der Waals surface area contributed by atoms with Crippen molar-refractivity contribution < 1.29 is 9.84 Å². The second-order valence-electron chi connectivity index (χ2n) is 7.94. The maximum atomic E-state index is 10.0. The Morgan fingerprint density at radius 2 is 2.14 bits per heavy atom. The largest absolute Gasteiger partial charge is 0.490 e. The van der Waals surface area contributed by atoms with Gasteiger partial charge in [0.25, 0.3) is 0 Å². The van der Waals surface area contributed by atoms with Crippen LogP contribution in [-0.2, 0) is 6.42 Å². The number of rotatable bonds is 7. The van der Waals surface area contributed by atoms with Gasteiger partial charge in [0.15, 0.2) is 0 Å². The standard InChI is InChI=1S/C22H29N3O2S/c23-21(20-7-3-12-28-20)25-17-8-9-19(27-18-5-1-2-6-18)16(13-17)14-22(15-26)10-4-11-24-22/h3,7-9,12-13,18,24,26H,1-2,4-6,10-11,14-15H2,(H2,23,25)/t22-/m0/s1. The van der Waals surface area contributed by atoms with Gasteiger partial charge in [-0.15, -0.1) is 11.3 Å². The van der Waals surface area contributed by atoms with Crippen LogP contribution >= 0.6 is 11.3 Å². The molecule has 2 heterocycles. The van der Waals surface area contributed by atoms with Crippen molar-refractivity contribution in [3.8, 4) is 5.75 Å². The number of benzene rings is 1. The van der Waals surface area contributed by atoms with Crippen molar-refractivity contribution in [2.24, 2.45) is 10.7 Å². The lowest BCUT2D eigenvalue weighted by Gasteiger charge is -2.29. The van der Waals surface area contributed by atoms with Gasteiger partial charge in [0, 0.05) is 5.54 Å². The molecule has 6 heteroatoms. The van der Waals surface area contributed by atoms with E-state index in [2.05, 4.69) is 16.4 Å². The highest BCUT2D eigenvalue weighted by molar-refractivity contribution is 7.12. The van der Waals surface area contributed by atoms with Crippen LogP contribution in [0, 0.1) is 0 Å². The molecule has 4 rings (SSSR count). The number of aliphatic imine (C=N–C) groups is 1. The number of thiophene rings is 1. The number of aliphatic hydroxyl groups is 1. The zero-order valence-electron chi connectivity index (χ0n) is 16.2. The molecule has 0 bridgehead atoms. The Balaban J connectivity index is 1.63. The van der Waals surface area contributed by atoms with Gasteiger partial charge in [0.2, 0.25) is 0 Å². The Hall–Kier alpha value is -1.89. The number of nitrogens with two attached hydrogens (primary N) is 1. The molecule has 2 aromatic rings. The number of hydrogen-bond acceptors (Lipinski definition) is 5. The van der Waals surface area contributed by atoms with Crippen LogP contribution in [0.5, 0.6) is 5.75 Å². The Bertz CT molecular complexity index is 807. The monoisotopic (exact) mass is 399 g/mol. The molecule has 28 heavy (non-hydrogen) atoms. The normalized spacial score (nSPS) is 23.4. The van der Waals surface area contributed by atoms with Crippen molar-refractivity contribution in [3.05, 3.63) is 46.2 Å². The first-order valence-corrected chi connectivity index (χ1v) is 11.1. The molecule has 150 valence electrons. The van der Waals surface area contributed by atoms with E-state index >= 15 is 0 Å². The van der Waals surface area contributed by atoms with Gasteiger partial charge in [0.05, 0.1) is 23.3 Å². The van der Waals surface area contributed by atoms with Crippen molar-refractivity contribution in [2.45, 2.75) is 56.6 Å². The average Bonchev–Trinajstić information content (AvgIpc) is 3.47. The highest BCUT2D eigenvalue weighted by Gasteiger charge is 2.34. The zero-order valence-corrected chi connectivity index (χ0v) is 17.0. The molecule has 0 radical (unpaired) electrons. The van der Waals surface area contributed by atoms with Crippen LogP contribution in [0.15, 0.2) is 40.7 Å². The van der Waals surface area contributed by atoms with Gasteiger partial charge in [-0.3, -0.25) is 0 Å². The molecule has 0 unspecified atom stereocenters. The summed E-state index contributed by atoms with van der Waals surface area (Å²) in [5, 5.41) is 15.5. The van der Waals surface area contributed by atoms with Crippen LogP contribution in [0.1, 0.15) is 49.0 Å². The van der Waals surface area contributed by atoms with Crippen molar-refractivity contribution in [3.63, 3.8) is 0 Å². The average molecular weight is 400 g/mol. The van der Waals surface area contributed by atoms with Crippen LogP contribution in [0.4, 0.5) is 5.69 Å². The molecule has 4 N–H and O–H groups in total. The molecule has 5 nitrogen and oxygen atoms in total. The summed E-state index contributed by atoms with van der Waals surface area (Å²) in [4.78, 5) is 5.59. The van der Waals surface area contributed by atoms with E-state index in [9.17, 15) is 5.11 Å². The van der Waals surface area contributed by atoms with Gasteiger partial charge in [0.1, 0.15) is 11.6 Å². The summed E-state index contributed by atoms with van der Waals surface area (Å²) in [6.45, 7) is 1.07. The number of ether oxygens (including phenoxy) is 1. The molecular weight excluding hydrogens is 370 g/mol. The first-order valence-electron chi connectivity index (χ1n) is 10.2. The Morgan fingerprint density at radius 1 is 1.29 bits per heavy atom. The fourth-order valence-electron chi connectivity index (χ4n) is 4.27. The number of nitrogens with one attached hydrogen (secondary N) is 1. The number of hydrogen-bond donors (Lipinski definition) is 3. The second-order valence-corrected chi connectivity index (χ2v) is 8.88. The summed E-state index contributed by atoms with van der Waals surface area (Å²) >= 11 is 1.58. The highest BCUT2D eigenvalue weighted by Crippen LogP contribution is 2.34. The summed E-state index contributed by atoms with van der Waals surface area (Å²) in [7, 11) is 0. The third kappa shape index (κ3) is 4.40. The maximum Gasteiger partial charge on any atom is 0.141 e. The van der Waals surface area contributed by atoms with Crippen LogP contribution in [0.25, 0.3) is 0 Å². The molecule has 1 aliphatic carbocycles. The van der Waals surface area contributed by atoms with Crippen LogP contribution in [0.3, 0.4) is 0 Å². The molecule has 1 saturated heterocycles. The zero-order chi connectivity index (χ0) is 19.4. The minimum absolute atomic E-state index is 0.126. The van der Waals surface area contributed by atoms with E-state index in [1.807, 2.05) is 29.6 Å². The van der Waals surface area contributed by atoms with E-state index in [0.717, 1.165) is 60.5 Å². The molecular formula is C22H29N3O2S. The van der Waals surface area contributed by atoms with Crippen LogP contribution < -0.4 is 15.8 Å². The Kier molecular flexibility index (Phi) is 5.99. The predicted octanol–water partition coefficient (Wildman–Crippen LogP) is 3.76. The van der Waals surface area contributed by atoms with Gasteiger partial charge in [-0.2, -0.15) is 0 Å².